The van der Waals surface area contributed by atoms with Crippen LogP contribution in [0.5, 0.6) is 0 Å². The van der Waals surface area contributed by atoms with Gasteiger partial charge in [-0.3, -0.25) is 9.89 Å². The molecule has 0 aliphatic carbocycles. The highest BCUT2D eigenvalue weighted by atomic mass is 127. The van der Waals surface area contributed by atoms with E-state index in [1.165, 1.54) is 5.56 Å². The van der Waals surface area contributed by atoms with E-state index >= 15 is 0 Å². The molecule has 1 aromatic rings. The highest BCUT2D eigenvalue weighted by Crippen LogP contribution is 2.14. The van der Waals surface area contributed by atoms with Crippen molar-refractivity contribution >= 4 is 29.9 Å². The fourth-order valence-electron chi connectivity index (χ4n) is 2.92. The van der Waals surface area contributed by atoms with Crippen LogP contribution in [0.25, 0.3) is 0 Å². The lowest BCUT2D eigenvalue weighted by molar-refractivity contribution is 0.192. The number of likely N-dealkylation sites (N-methyl/N-ethyl adjacent to an activating group) is 1. The van der Waals surface area contributed by atoms with Crippen LogP contribution in [-0.2, 0) is 6.54 Å². The second kappa shape index (κ2) is 11.1. The summed E-state index contributed by atoms with van der Waals surface area (Å²) in [5.41, 5.74) is 1.49. The van der Waals surface area contributed by atoms with E-state index in [0.29, 0.717) is 6.04 Å². The third-order valence-electron chi connectivity index (χ3n) is 5.30. The number of rotatable bonds is 6. The molecular formula is C20H36IN5. The van der Waals surface area contributed by atoms with E-state index in [1.807, 2.05) is 7.05 Å². The second-order valence-corrected chi connectivity index (χ2v) is 7.81. The van der Waals surface area contributed by atoms with Gasteiger partial charge in [0.05, 0.1) is 0 Å². The number of piperidine rings is 1. The lowest BCUT2D eigenvalue weighted by Crippen LogP contribution is -2.53. The van der Waals surface area contributed by atoms with Crippen LogP contribution in [0.2, 0.25) is 0 Å². The van der Waals surface area contributed by atoms with Crippen molar-refractivity contribution in [1.29, 1.82) is 0 Å². The Bertz CT molecular complexity index is 536. The zero-order chi connectivity index (χ0) is 18.3. The number of nitrogens with one attached hydrogen (secondary N) is 2. The number of hydrogen-bond donors (Lipinski definition) is 2. The number of halogens is 1. The highest BCUT2D eigenvalue weighted by Gasteiger charge is 2.23. The Balaban J connectivity index is 0.00000338. The van der Waals surface area contributed by atoms with Gasteiger partial charge in [-0.15, -0.1) is 24.0 Å². The number of likely N-dealkylation sites (tertiary alicyclic amines) is 1. The first-order chi connectivity index (χ1) is 11.9. The first-order valence-electron chi connectivity index (χ1n) is 9.31. The lowest BCUT2D eigenvalue weighted by atomic mass is 10.0. The third kappa shape index (κ3) is 7.40. The molecule has 0 saturated carbocycles. The molecule has 0 bridgehead atoms. The largest absolute Gasteiger partial charge is 0.355 e. The van der Waals surface area contributed by atoms with Gasteiger partial charge in [0.25, 0.3) is 0 Å². The number of nitrogens with zero attached hydrogens (tertiary/aromatic N) is 3. The van der Waals surface area contributed by atoms with Gasteiger partial charge in [-0.1, -0.05) is 30.3 Å². The summed E-state index contributed by atoms with van der Waals surface area (Å²) in [6.07, 6.45) is 2.31. The van der Waals surface area contributed by atoms with E-state index < -0.39 is 0 Å². The van der Waals surface area contributed by atoms with Crippen LogP contribution in [0.4, 0.5) is 0 Å². The van der Waals surface area contributed by atoms with E-state index in [4.69, 9.17) is 0 Å². The smallest absolute Gasteiger partial charge is 0.191 e. The zero-order valence-corrected chi connectivity index (χ0v) is 19.3. The number of benzene rings is 1. The SMILES string of the molecule is CN=C(NCC(C)(C)N(C)C)NC1CCN(Cc2ccccc2)CC1.I. The minimum atomic E-state index is 0. The van der Waals surface area contributed by atoms with Gasteiger partial charge in [-0.05, 0) is 46.3 Å². The van der Waals surface area contributed by atoms with E-state index in [0.717, 1.165) is 45.0 Å². The Morgan fingerprint density at radius 2 is 1.81 bits per heavy atom. The molecule has 0 spiro atoms. The van der Waals surface area contributed by atoms with Crippen molar-refractivity contribution in [3.8, 4) is 0 Å². The van der Waals surface area contributed by atoms with Crippen LogP contribution >= 0.6 is 24.0 Å². The standard InChI is InChI=1S/C20H35N5.HI/c1-20(2,24(4)5)16-22-19(21-3)23-18-11-13-25(14-12-18)15-17-9-7-6-8-10-17;/h6-10,18H,11-16H2,1-5H3,(H2,21,22,23);1H. The maximum Gasteiger partial charge on any atom is 0.191 e. The van der Waals surface area contributed by atoms with Crippen molar-refractivity contribution in [1.82, 2.24) is 20.4 Å². The van der Waals surface area contributed by atoms with Crippen molar-refractivity contribution < 1.29 is 0 Å². The van der Waals surface area contributed by atoms with E-state index in [9.17, 15) is 0 Å². The molecule has 1 aliphatic heterocycles. The third-order valence-corrected chi connectivity index (χ3v) is 5.30. The first kappa shape index (κ1) is 23.2. The van der Waals surface area contributed by atoms with Gasteiger partial charge in [0, 0.05) is 44.8 Å². The summed E-state index contributed by atoms with van der Waals surface area (Å²) in [6, 6.07) is 11.2. The summed E-state index contributed by atoms with van der Waals surface area (Å²) in [5.74, 6) is 0.913. The van der Waals surface area contributed by atoms with Gasteiger partial charge in [-0.2, -0.15) is 0 Å². The van der Waals surface area contributed by atoms with E-state index in [2.05, 4.69) is 83.7 Å². The minimum Gasteiger partial charge on any atom is -0.355 e. The van der Waals surface area contributed by atoms with Crippen molar-refractivity contribution in [2.45, 2.75) is 44.8 Å². The zero-order valence-electron chi connectivity index (χ0n) is 17.0. The molecule has 2 rings (SSSR count). The number of hydrogen-bond acceptors (Lipinski definition) is 3. The molecule has 1 fully saturated rings. The van der Waals surface area contributed by atoms with Crippen LogP contribution < -0.4 is 10.6 Å². The maximum absolute atomic E-state index is 4.39. The highest BCUT2D eigenvalue weighted by molar-refractivity contribution is 14.0. The van der Waals surface area contributed by atoms with Crippen LogP contribution in [0.15, 0.2) is 35.3 Å². The molecule has 1 aliphatic rings. The second-order valence-electron chi connectivity index (χ2n) is 7.81. The maximum atomic E-state index is 4.39. The van der Waals surface area contributed by atoms with E-state index in [1.54, 1.807) is 0 Å². The molecule has 0 atom stereocenters. The van der Waals surface area contributed by atoms with Gasteiger partial charge >= 0.3 is 0 Å². The van der Waals surface area contributed by atoms with Gasteiger partial charge in [0.1, 0.15) is 0 Å². The van der Waals surface area contributed by atoms with Crippen LogP contribution in [0.3, 0.4) is 0 Å². The number of guanidine groups is 1. The summed E-state index contributed by atoms with van der Waals surface area (Å²) in [5, 5.41) is 7.07. The fourth-order valence-corrected chi connectivity index (χ4v) is 2.92. The fraction of sp³-hybridized carbons (Fsp3) is 0.650. The molecule has 148 valence electrons. The molecular weight excluding hydrogens is 437 g/mol. The molecule has 1 aromatic carbocycles. The van der Waals surface area contributed by atoms with Crippen molar-refractivity contribution in [2.24, 2.45) is 4.99 Å². The lowest BCUT2D eigenvalue weighted by Gasteiger charge is -2.35. The van der Waals surface area contributed by atoms with Crippen molar-refractivity contribution in [2.75, 3.05) is 40.8 Å². The Morgan fingerprint density at radius 3 is 2.35 bits per heavy atom. The molecule has 5 nitrogen and oxygen atoms in total. The monoisotopic (exact) mass is 473 g/mol. The molecule has 2 N–H and O–H groups in total. The molecule has 0 aromatic heterocycles. The summed E-state index contributed by atoms with van der Waals surface area (Å²) in [6.45, 7) is 8.65. The molecule has 0 radical (unpaired) electrons. The molecule has 1 heterocycles. The minimum absolute atomic E-state index is 0. The average molecular weight is 473 g/mol. The molecule has 26 heavy (non-hydrogen) atoms. The summed E-state index contributed by atoms with van der Waals surface area (Å²) < 4.78 is 0. The van der Waals surface area contributed by atoms with Crippen LogP contribution in [0, 0.1) is 0 Å². The molecule has 0 amide bonds. The average Bonchev–Trinajstić information content (AvgIpc) is 2.61. The predicted molar refractivity (Wildman–Crippen MR) is 122 cm³/mol. The summed E-state index contributed by atoms with van der Waals surface area (Å²) >= 11 is 0. The van der Waals surface area contributed by atoms with Crippen LogP contribution in [-0.4, -0.2) is 68.1 Å². The van der Waals surface area contributed by atoms with Crippen LogP contribution in [0.1, 0.15) is 32.3 Å². The summed E-state index contributed by atoms with van der Waals surface area (Å²) in [4.78, 5) is 9.17. The normalized spacial score (nSPS) is 17.1. The first-order valence-corrected chi connectivity index (χ1v) is 9.31. The Labute approximate surface area is 176 Å². The van der Waals surface area contributed by atoms with Crippen molar-refractivity contribution in [3.63, 3.8) is 0 Å². The van der Waals surface area contributed by atoms with Crippen molar-refractivity contribution in [3.05, 3.63) is 35.9 Å². The Morgan fingerprint density at radius 1 is 1.19 bits per heavy atom. The summed E-state index contributed by atoms with van der Waals surface area (Å²) in [7, 11) is 6.07. The Kier molecular flexibility index (Phi) is 9.89. The predicted octanol–water partition coefficient (Wildman–Crippen LogP) is 2.77. The number of aliphatic imine (C=N–C) groups is 1. The van der Waals surface area contributed by atoms with Gasteiger partial charge in [0.2, 0.25) is 0 Å². The van der Waals surface area contributed by atoms with E-state index in [-0.39, 0.29) is 29.5 Å². The molecule has 0 unspecified atom stereocenters. The quantitative estimate of drug-likeness (QED) is 0.379. The van der Waals surface area contributed by atoms with Gasteiger partial charge in [-0.25, -0.2) is 0 Å². The molecule has 1 saturated heterocycles. The van der Waals surface area contributed by atoms with Gasteiger partial charge < -0.3 is 15.5 Å². The molecule has 6 heteroatoms. The van der Waals surface area contributed by atoms with Gasteiger partial charge in [0.15, 0.2) is 5.96 Å². The topological polar surface area (TPSA) is 42.9 Å². The Hall–Kier alpha value is -0.860.